The van der Waals surface area contributed by atoms with E-state index < -0.39 is 6.04 Å². The number of nitrogens with zero attached hydrogens (tertiary/aromatic N) is 1. The molecule has 20 heavy (non-hydrogen) atoms. The minimum Gasteiger partial charge on any atom is -0.373 e. The van der Waals surface area contributed by atoms with Crippen molar-refractivity contribution in [2.45, 2.75) is 44.2 Å². The number of halogens is 1. The first-order valence-corrected chi connectivity index (χ1v) is 8.11. The lowest BCUT2D eigenvalue weighted by atomic mass is 10.2. The molecule has 0 bridgehead atoms. The Morgan fingerprint density at radius 3 is 2.65 bits per heavy atom. The van der Waals surface area contributed by atoms with E-state index in [2.05, 4.69) is 27.9 Å². The molecule has 1 atom stereocenters. The molecule has 1 unspecified atom stereocenters. The van der Waals surface area contributed by atoms with Crippen molar-refractivity contribution in [3.63, 3.8) is 0 Å². The van der Waals surface area contributed by atoms with Crippen molar-refractivity contribution in [2.75, 3.05) is 5.32 Å². The third-order valence-corrected chi connectivity index (χ3v) is 4.71. The van der Waals surface area contributed by atoms with Gasteiger partial charge in [-0.1, -0.05) is 18.9 Å². The van der Waals surface area contributed by atoms with E-state index in [1.54, 1.807) is 0 Å². The first-order chi connectivity index (χ1) is 9.65. The molecule has 106 valence electrons. The Bertz CT molecular complexity index is 540. The summed E-state index contributed by atoms with van der Waals surface area (Å²) in [7, 11) is 0. The smallest absolute Gasteiger partial charge is 0.252 e. The highest BCUT2D eigenvalue weighted by Gasteiger charge is 2.42. The summed E-state index contributed by atoms with van der Waals surface area (Å²) in [4.78, 5) is 26.0. The summed E-state index contributed by atoms with van der Waals surface area (Å²) in [6, 6.07) is 7.59. The predicted molar refractivity (Wildman–Crippen MR) is 85.3 cm³/mol. The van der Waals surface area contributed by atoms with Crippen LogP contribution in [-0.4, -0.2) is 28.8 Å². The van der Waals surface area contributed by atoms with Gasteiger partial charge in [0.25, 0.3) is 5.91 Å². The van der Waals surface area contributed by atoms with Crippen LogP contribution in [0.15, 0.2) is 24.3 Å². The standard InChI is InChI=1S/C15H17IN2O2/c16-10-4-3-5-11(8-10)17-13-9-14(19)18(15(13)20)12-6-1-2-7-12/h3-5,8,12-13,17H,1-2,6-7,9H2. The summed E-state index contributed by atoms with van der Waals surface area (Å²) >= 11 is 2.23. The van der Waals surface area contributed by atoms with E-state index >= 15 is 0 Å². The van der Waals surface area contributed by atoms with Crippen molar-refractivity contribution in [3.8, 4) is 0 Å². The van der Waals surface area contributed by atoms with Gasteiger partial charge < -0.3 is 5.32 Å². The SMILES string of the molecule is O=C1CC(Nc2cccc(I)c2)C(=O)N1C1CCCC1. The fraction of sp³-hybridized carbons (Fsp3) is 0.467. The van der Waals surface area contributed by atoms with Crippen LogP contribution < -0.4 is 5.32 Å². The monoisotopic (exact) mass is 384 g/mol. The third-order valence-electron chi connectivity index (χ3n) is 4.04. The highest BCUT2D eigenvalue weighted by molar-refractivity contribution is 14.1. The van der Waals surface area contributed by atoms with Gasteiger partial charge in [0.1, 0.15) is 6.04 Å². The maximum atomic E-state index is 12.4. The van der Waals surface area contributed by atoms with E-state index in [9.17, 15) is 9.59 Å². The largest absolute Gasteiger partial charge is 0.373 e. The molecule has 4 nitrogen and oxygen atoms in total. The van der Waals surface area contributed by atoms with Crippen LogP contribution in [0.5, 0.6) is 0 Å². The minimum atomic E-state index is -0.402. The first kappa shape index (κ1) is 13.9. The predicted octanol–water partition coefficient (Wildman–Crippen LogP) is 2.77. The molecule has 0 aromatic heterocycles. The number of rotatable bonds is 3. The number of carbonyl (C=O) groups is 2. The van der Waals surface area contributed by atoms with Crippen LogP contribution in [0.25, 0.3) is 0 Å². The Kier molecular flexibility index (Phi) is 3.96. The summed E-state index contributed by atoms with van der Waals surface area (Å²) in [6.45, 7) is 0. The molecule has 1 saturated carbocycles. The van der Waals surface area contributed by atoms with Crippen LogP contribution in [-0.2, 0) is 9.59 Å². The molecule has 2 fully saturated rings. The number of amides is 2. The van der Waals surface area contributed by atoms with Gasteiger partial charge in [0, 0.05) is 15.3 Å². The maximum absolute atomic E-state index is 12.4. The second-order valence-electron chi connectivity index (χ2n) is 5.45. The van der Waals surface area contributed by atoms with Crippen molar-refractivity contribution < 1.29 is 9.59 Å². The van der Waals surface area contributed by atoms with E-state index in [1.165, 1.54) is 4.90 Å². The van der Waals surface area contributed by atoms with Gasteiger partial charge >= 0.3 is 0 Å². The highest BCUT2D eigenvalue weighted by atomic mass is 127. The van der Waals surface area contributed by atoms with Crippen molar-refractivity contribution in [1.29, 1.82) is 0 Å². The maximum Gasteiger partial charge on any atom is 0.252 e. The molecule has 1 heterocycles. The number of anilines is 1. The third kappa shape index (κ3) is 2.68. The molecule has 1 aliphatic heterocycles. The summed E-state index contributed by atoms with van der Waals surface area (Å²) < 4.78 is 1.11. The van der Waals surface area contributed by atoms with Crippen LogP contribution >= 0.6 is 22.6 Å². The van der Waals surface area contributed by atoms with Crippen molar-refractivity contribution in [3.05, 3.63) is 27.8 Å². The van der Waals surface area contributed by atoms with Crippen LogP contribution in [0.1, 0.15) is 32.1 Å². The van der Waals surface area contributed by atoms with Gasteiger partial charge in [-0.15, -0.1) is 0 Å². The van der Waals surface area contributed by atoms with Gasteiger partial charge in [-0.3, -0.25) is 14.5 Å². The Morgan fingerprint density at radius 2 is 1.95 bits per heavy atom. The van der Waals surface area contributed by atoms with E-state index in [4.69, 9.17) is 0 Å². The lowest BCUT2D eigenvalue weighted by molar-refractivity contribution is -0.141. The highest BCUT2D eigenvalue weighted by Crippen LogP contribution is 2.29. The summed E-state index contributed by atoms with van der Waals surface area (Å²) in [6.07, 6.45) is 4.45. The molecule has 1 aliphatic carbocycles. The molecule has 1 aromatic carbocycles. The molecule has 1 saturated heterocycles. The van der Waals surface area contributed by atoms with Gasteiger partial charge in [-0.05, 0) is 53.6 Å². The summed E-state index contributed by atoms with van der Waals surface area (Å²) in [5.41, 5.74) is 0.899. The lowest BCUT2D eigenvalue weighted by Crippen LogP contribution is -2.40. The summed E-state index contributed by atoms with van der Waals surface area (Å²) in [5.74, 6) is -0.0780. The number of carbonyl (C=O) groups excluding carboxylic acids is 2. The molecule has 0 radical (unpaired) electrons. The topological polar surface area (TPSA) is 49.4 Å². The Hall–Kier alpha value is -1.11. The average molecular weight is 384 g/mol. The van der Waals surface area contributed by atoms with E-state index in [-0.39, 0.29) is 24.3 Å². The zero-order chi connectivity index (χ0) is 14.1. The first-order valence-electron chi connectivity index (χ1n) is 7.03. The minimum absolute atomic E-state index is 0.0231. The molecule has 5 heteroatoms. The Balaban J connectivity index is 1.72. The molecule has 1 N–H and O–H groups in total. The lowest BCUT2D eigenvalue weighted by Gasteiger charge is -2.22. The van der Waals surface area contributed by atoms with E-state index in [1.807, 2.05) is 24.3 Å². The van der Waals surface area contributed by atoms with E-state index in [0.29, 0.717) is 0 Å². The quantitative estimate of drug-likeness (QED) is 0.644. The molecular weight excluding hydrogens is 367 g/mol. The number of imide groups is 1. The average Bonchev–Trinajstić information content (AvgIpc) is 2.99. The van der Waals surface area contributed by atoms with Gasteiger partial charge in [-0.25, -0.2) is 0 Å². The molecule has 0 spiro atoms. The number of hydrogen-bond acceptors (Lipinski definition) is 3. The zero-order valence-electron chi connectivity index (χ0n) is 11.1. The van der Waals surface area contributed by atoms with Crippen LogP contribution in [0.2, 0.25) is 0 Å². The normalized spacial score (nSPS) is 23.6. The zero-order valence-corrected chi connectivity index (χ0v) is 13.3. The molecule has 2 aliphatic rings. The number of likely N-dealkylation sites (tertiary alicyclic amines) is 1. The van der Waals surface area contributed by atoms with Crippen molar-refractivity contribution in [2.24, 2.45) is 0 Å². The Labute approximate surface area is 132 Å². The second kappa shape index (κ2) is 5.71. The molecule has 1 aromatic rings. The Morgan fingerprint density at radius 1 is 1.20 bits per heavy atom. The number of benzene rings is 1. The number of hydrogen-bond donors (Lipinski definition) is 1. The van der Waals surface area contributed by atoms with Gasteiger partial charge in [0.05, 0.1) is 6.42 Å². The van der Waals surface area contributed by atoms with Crippen molar-refractivity contribution in [1.82, 2.24) is 4.90 Å². The van der Waals surface area contributed by atoms with E-state index in [0.717, 1.165) is 34.9 Å². The van der Waals surface area contributed by atoms with Crippen molar-refractivity contribution >= 4 is 40.1 Å². The summed E-state index contributed by atoms with van der Waals surface area (Å²) in [5, 5.41) is 3.20. The molecular formula is C15H17IN2O2. The molecule has 2 amide bonds. The van der Waals surface area contributed by atoms with Crippen LogP contribution in [0.3, 0.4) is 0 Å². The van der Waals surface area contributed by atoms with Crippen LogP contribution in [0.4, 0.5) is 5.69 Å². The second-order valence-corrected chi connectivity index (χ2v) is 6.70. The van der Waals surface area contributed by atoms with Crippen LogP contribution in [0, 0.1) is 3.57 Å². The van der Waals surface area contributed by atoms with Gasteiger partial charge in [0.15, 0.2) is 0 Å². The molecule has 3 rings (SSSR count). The fourth-order valence-electron chi connectivity index (χ4n) is 3.09. The van der Waals surface area contributed by atoms with Gasteiger partial charge in [-0.2, -0.15) is 0 Å². The van der Waals surface area contributed by atoms with Gasteiger partial charge in [0.2, 0.25) is 5.91 Å². The number of nitrogens with one attached hydrogen (secondary N) is 1. The fourth-order valence-corrected chi connectivity index (χ4v) is 3.63.